The van der Waals surface area contributed by atoms with Gasteiger partial charge in [0.25, 0.3) is 5.69 Å². The number of nitro groups is 1. The van der Waals surface area contributed by atoms with Crippen molar-refractivity contribution in [3.05, 3.63) is 70.4 Å². The summed E-state index contributed by atoms with van der Waals surface area (Å²) in [6, 6.07) is 14.3. The first-order valence-electron chi connectivity index (χ1n) is 7.94. The number of para-hydroxylation sites is 3. The van der Waals surface area contributed by atoms with Crippen LogP contribution in [-0.2, 0) is 11.2 Å². The van der Waals surface area contributed by atoms with Crippen LogP contribution in [0.5, 0.6) is 0 Å². The van der Waals surface area contributed by atoms with Gasteiger partial charge >= 0.3 is 0 Å². The van der Waals surface area contributed by atoms with Gasteiger partial charge in [0.05, 0.1) is 11.3 Å². The van der Waals surface area contributed by atoms with E-state index in [4.69, 9.17) is 0 Å². The van der Waals surface area contributed by atoms with Crippen molar-refractivity contribution in [2.75, 3.05) is 18.4 Å². The molecule has 0 fully saturated rings. The van der Waals surface area contributed by atoms with Crippen LogP contribution in [0, 0.1) is 10.1 Å². The maximum absolute atomic E-state index is 12.1. The van der Waals surface area contributed by atoms with E-state index in [0.717, 1.165) is 16.5 Å². The molecule has 128 valence electrons. The minimum Gasteiger partial charge on any atom is -0.378 e. The van der Waals surface area contributed by atoms with Gasteiger partial charge in [0.1, 0.15) is 5.69 Å². The van der Waals surface area contributed by atoms with E-state index < -0.39 is 4.92 Å². The van der Waals surface area contributed by atoms with Crippen molar-refractivity contribution >= 4 is 28.2 Å². The number of anilines is 1. The number of benzene rings is 2. The average Bonchev–Trinajstić information content (AvgIpc) is 3.02. The molecule has 0 bridgehead atoms. The van der Waals surface area contributed by atoms with E-state index in [2.05, 4.69) is 15.6 Å². The van der Waals surface area contributed by atoms with Gasteiger partial charge in [-0.05, 0) is 17.7 Å². The number of nitrogens with one attached hydrogen (secondary N) is 3. The molecule has 7 nitrogen and oxygen atoms in total. The van der Waals surface area contributed by atoms with Gasteiger partial charge in [-0.25, -0.2) is 0 Å². The van der Waals surface area contributed by atoms with E-state index in [1.807, 2.05) is 30.5 Å². The molecule has 3 aromatic rings. The number of nitrogens with zero attached hydrogens (tertiary/aromatic N) is 1. The molecule has 1 heterocycles. The highest BCUT2D eigenvalue weighted by molar-refractivity contribution is 5.88. The molecule has 3 N–H and O–H groups in total. The quantitative estimate of drug-likeness (QED) is 0.350. The van der Waals surface area contributed by atoms with Crippen molar-refractivity contribution in [2.45, 2.75) is 6.42 Å². The topological polar surface area (TPSA) is 100 Å². The molecular weight excluding hydrogens is 320 g/mol. The number of hydrogen-bond donors (Lipinski definition) is 3. The Bertz CT molecular complexity index is 904. The monoisotopic (exact) mass is 338 g/mol. The van der Waals surface area contributed by atoms with Crippen LogP contribution < -0.4 is 10.6 Å². The smallest absolute Gasteiger partial charge is 0.292 e. The van der Waals surface area contributed by atoms with Gasteiger partial charge in [-0.1, -0.05) is 30.3 Å². The molecule has 0 spiro atoms. The van der Waals surface area contributed by atoms with E-state index in [9.17, 15) is 14.9 Å². The van der Waals surface area contributed by atoms with E-state index in [1.54, 1.807) is 18.2 Å². The minimum atomic E-state index is -0.433. The lowest BCUT2D eigenvalue weighted by molar-refractivity contribution is -0.384. The summed E-state index contributed by atoms with van der Waals surface area (Å²) in [5.74, 6) is -0.0888. The van der Waals surface area contributed by atoms with Gasteiger partial charge in [0, 0.05) is 36.3 Å². The Hall–Kier alpha value is -3.35. The number of hydrogen-bond acceptors (Lipinski definition) is 4. The van der Waals surface area contributed by atoms with E-state index in [0.29, 0.717) is 18.8 Å². The molecule has 1 aromatic heterocycles. The fourth-order valence-electron chi connectivity index (χ4n) is 2.69. The molecule has 0 aliphatic heterocycles. The van der Waals surface area contributed by atoms with Crippen LogP contribution >= 0.6 is 0 Å². The summed E-state index contributed by atoms with van der Waals surface area (Å²) in [5, 5.41) is 17.8. The first-order chi connectivity index (χ1) is 12.1. The van der Waals surface area contributed by atoms with Crippen LogP contribution in [-0.4, -0.2) is 28.9 Å². The second kappa shape index (κ2) is 7.48. The number of H-pyrrole nitrogens is 1. The number of carbonyl (C=O) groups excluding carboxylic acids is 1. The van der Waals surface area contributed by atoms with Gasteiger partial charge in [-0.3, -0.25) is 14.9 Å². The molecule has 3 rings (SSSR count). The molecular formula is C18H18N4O3. The lowest BCUT2D eigenvalue weighted by atomic mass is 10.1. The van der Waals surface area contributed by atoms with E-state index >= 15 is 0 Å². The van der Waals surface area contributed by atoms with Crippen molar-refractivity contribution in [1.82, 2.24) is 10.3 Å². The predicted octanol–water partition coefficient (Wildman–Crippen LogP) is 2.85. The number of amides is 1. The molecule has 1 amide bonds. The third-order valence-electron chi connectivity index (χ3n) is 3.89. The highest BCUT2D eigenvalue weighted by Gasteiger charge is 2.12. The molecule has 7 heteroatoms. The summed E-state index contributed by atoms with van der Waals surface area (Å²) >= 11 is 0. The molecule has 2 aromatic carbocycles. The number of carbonyl (C=O) groups is 1. The standard InChI is InChI=1S/C18H18N4O3/c23-18(11-13-12-21-15-6-2-1-5-14(13)15)20-10-9-19-16-7-3-4-8-17(16)22(24)25/h1-8,12,19,21H,9-11H2,(H,20,23). The van der Waals surface area contributed by atoms with Crippen molar-refractivity contribution in [2.24, 2.45) is 0 Å². The average molecular weight is 338 g/mol. The molecule has 25 heavy (non-hydrogen) atoms. The Labute approximate surface area is 144 Å². The van der Waals surface area contributed by atoms with Crippen molar-refractivity contribution in [1.29, 1.82) is 0 Å². The molecule has 0 aliphatic rings. The fourth-order valence-corrected chi connectivity index (χ4v) is 2.69. The molecule has 0 unspecified atom stereocenters. The Morgan fingerprint density at radius 3 is 2.68 bits per heavy atom. The Morgan fingerprint density at radius 2 is 1.84 bits per heavy atom. The zero-order chi connectivity index (χ0) is 17.6. The first-order valence-corrected chi connectivity index (χ1v) is 7.94. The van der Waals surface area contributed by atoms with Crippen LogP contribution in [0.1, 0.15) is 5.56 Å². The van der Waals surface area contributed by atoms with Gasteiger partial charge in [-0.15, -0.1) is 0 Å². The van der Waals surface area contributed by atoms with Crippen molar-refractivity contribution in [3.8, 4) is 0 Å². The van der Waals surface area contributed by atoms with Crippen LogP contribution in [0.25, 0.3) is 10.9 Å². The lowest BCUT2D eigenvalue weighted by Crippen LogP contribution is -2.30. The third-order valence-corrected chi connectivity index (χ3v) is 3.89. The Morgan fingerprint density at radius 1 is 1.08 bits per heavy atom. The zero-order valence-corrected chi connectivity index (χ0v) is 13.5. The third kappa shape index (κ3) is 3.95. The van der Waals surface area contributed by atoms with Crippen LogP contribution in [0.4, 0.5) is 11.4 Å². The second-order valence-electron chi connectivity index (χ2n) is 5.59. The molecule has 0 atom stereocenters. The molecule has 0 saturated heterocycles. The van der Waals surface area contributed by atoms with Gasteiger partial charge in [-0.2, -0.15) is 0 Å². The highest BCUT2D eigenvalue weighted by atomic mass is 16.6. The van der Waals surface area contributed by atoms with E-state index in [-0.39, 0.29) is 18.0 Å². The largest absolute Gasteiger partial charge is 0.378 e. The SMILES string of the molecule is O=C(Cc1c[nH]c2ccccc12)NCCNc1ccccc1[N+](=O)[O-]. The summed E-state index contributed by atoms with van der Waals surface area (Å²) in [4.78, 5) is 25.7. The fraction of sp³-hybridized carbons (Fsp3) is 0.167. The van der Waals surface area contributed by atoms with Crippen LogP contribution in [0.2, 0.25) is 0 Å². The maximum Gasteiger partial charge on any atom is 0.292 e. The normalized spacial score (nSPS) is 10.6. The number of aromatic amines is 1. The number of rotatable bonds is 7. The molecule has 0 radical (unpaired) electrons. The van der Waals surface area contributed by atoms with Gasteiger partial charge in [0.2, 0.25) is 5.91 Å². The summed E-state index contributed by atoms with van der Waals surface area (Å²) in [5.41, 5.74) is 2.41. The molecule has 0 saturated carbocycles. The number of nitro benzene ring substituents is 1. The highest BCUT2D eigenvalue weighted by Crippen LogP contribution is 2.22. The Balaban J connectivity index is 1.49. The summed E-state index contributed by atoms with van der Waals surface area (Å²) in [7, 11) is 0. The van der Waals surface area contributed by atoms with Crippen LogP contribution in [0.3, 0.4) is 0 Å². The van der Waals surface area contributed by atoms with Gasteiger partial charge in [0.15, 0.2) is 0 Å². The number of fused-ring (bicyclic) bond motifs is 1. The second-order valence-corrected chi connectivity index (χ2v) is 5.59. The minimum absolute atomic E-state index is 0.0209. The summed E-state index contributed by atoms with van der Waals surface area (Å²) < 4.78 is 0. The van der Waals surface area contributed by atoms with Gasteiger partial charge < -0.3 is 15.6 Å². The number of aromatic nitrogens is 1. The Kier molecular flexibility index (Phi) is 4.94. The lowest BCUT2D eigenvalue weighted by Gasteiger charge is -2.08. The zero-order valence-electron chi connectivity index (χ0n) is 13.5. The first kappa shape index (κ1) is 16.5. The maximum atomic E-state index is 12.1. The summed E-state index contributed by atoms with van der Waals surface area (Å²) in [6.45, 7) is 0.789. The summed E-state index contributed by atoms with van der Waals surface area (Å²) in [6.07, 6.45) is 2.13. The molecule has 0 aliphatic carbocycles. The van der Waals surface area contributed by atoms with E-state index in [1.165, 1.54) is 6.07 Å². The van der Waals surface area contributed by atoms with Crippen molar-refractivity contribution < 1.29 is 9.72 Å². The van der Waals surface area contributed by atoms with Crippen molar-refractivity contribution in [3.63, 3.8) is 0 Å². The van der Waals surface area contributed by atoms with Crippen LogP contribution in [0.15, 0.2) is 54.7 Å². The predicted molar refractivity (Wildman–Crippen MR) is 96.6 cm³/mol.